The van der Waals surface area contributed by atoms with Crippen LogP contribution in [0, 0.1) is 0 Å². The zero-order valence-electron chi connectivity index (χ0n) is 11.7. The Morgan fingerprint density at radius 3 is 2.53 bits per heavy atom. The highest BCUT2D eigenvalue weighted by atomic mass is 16.5. The highest BCUT2D eigenvalue weighted by Gasteiger charge is 2.29. The molecule has 3 N–H and O–H groups in total. The van der Waals surface area contributed by atoms with Crippen molar-refractivity contribution in [3.63, 3.8) is 0 Å². The van der Waals surface area contributed by atoms with Gasteiger partial charge in [0.05, 0.1) is 11.6 Å². The maximum atomic E-state index is 11.4. The van der Waals surface area contributed by atoms with E-state index in [1.54, 1.807) is 0 Å². The van der Waals surface area contributed by atoms with E-state index in [0.29, 0.717) is 0 Å². The Labute approximate surface area is 105 Å². The summed E-state index contributed by atoms with van der Waals surface area (Å²) < 4.78 is 5.46. The molecule has 0 aliphatic heterocycles. The van der Waals surface area contributed by atoms with Crippen LogP contribution in [0.5, 0.6) is 0 Å². The lowest BCUT2D eigenvalue weighted by Gasteiger charge is -2.27. The monoisotopic (exact) mass is 244 g/mol. The molecular formula is C13H28N2O2. The maximum Gasteiger partial charge on any atom is 0.237 e. The second-order valence-corrected chi connectivity index (χ2v) is 5.00. The van der Waals surface area contributed by atoms with Gasteiger partial charge in [-0.25, -0.2) is 0 Å². The van der Waals surface area contributed by atoms with Gasteiger partial charge in [0.1, 0.15) is 0 Å². The van der Waals surface area contributed by atoms with Gasteiger partial charge in [0.15, 0.2) is 0 Å². The number of nitrogens with one attached hydrogen (secondary N) is 1. The van der Waals surface area contributed by atoms with Crippen molar-refractivity contribution in [2.45, 2.75) is 65.0 Å². The highest BCUT2D eigenvalue weighted by molar-refractivity contribution is 5.84. The van der Waals surface area contributed by atoms with Crippen molar-refractivity contribution < 1.29 is 9.53 Å². The third-order valence-corrected chi connectivity index (χ3v) is 2.83. The second-order valence-electron chi connectivity index (χ2n) is 5.00. The molecule has 1 amide bonds. The van der Waals surface area contributed by atoms with E-state index in [4.69, 9.17) is 10.5 Å². The van der Waals surface area contributed by atoms with Crippen molar-refractivity contribution in [2.24, 2.45) is 5.73 Å². The molecule has 102 valence electrons. The topological polar surface area (TPSA) is 64.3 Å². The highest BCUT2D eigenvalue weighted by Crippen LogP contribution is 2.13. The molecule has 0 saturated heterocycles. The molecule has 0 fully saturated rings. The molecule has 4 nitrogen and oxygen atoms in total. The average Bonchev–Trinajstić information content (AvgIpc) is 2.25. The molecule has 4 heteroatoms. The number of carbonyl (C=O) groups excluding carboxylic acids is 1. The summed E-state index contributed by atoms with van der Waals surface area (Å²) in [6, 6.07) is 0. The third kappa shape index (κ3) is 7.34. The minimum atomic E-state index is -0.576. The Balaban J connectivity index is 3.88. The number of rotatable bonds is 10. The number of nitrogens with two attached hydrogens (primary N) is 1. The molecule has 0 saturated carbocycles. The van der Waals surface area contributed by atoms with E-state index in [1.165, 1.54) is 0 Å². The molecule has 1 unspecified atom stereocenters. The van der Waals surface area contributed by atoms with E-state index in [9.17, 15) is 4.79 Å². The van der Waals surface area contributed by atoms with Gasteiger partial charge in [0.25, 0.3) is 0 Å². The van der Waals surface area contributed by atoms with Crippen LogP contribution in [0.2, 0.25) is 0 Å². The first-order valence-corrected chi connectivity index (χ1v) is 6.59. The number of hydrogen-bond donors (Lipinski definition) is 2. The molecule has 0 aliphatic carbocycles. The van der Waals surface area contributed by atoms with Gasteiger partial charge in [-0.1, -0.05) is 6.92 Å². The molecule has 17 heavy (non-hydrogen) atoms. The van der Waals surface area contributed by atoms with Crippen LogP contribution >= 0.6 is 0 Å². The van der Waals surface area contributed by atoms with Crippen LogP contribution in [-0.2, 0) is 9.53 Å². The normalized spacial score (nSPS) is 14.9. The number of ether oxygens (including phenoxy) is 1. The minimum absolute atomic E-state index is 0.268. The number of primary amides is 1. The zero-order valence-corrected chi connectivity index (χ0v) is 11.7. The molecule has 0 aromatic carbocycles. The molecule has 1 atom stereocenters. The van der Waals surface area contributed by atoms with Gasteiger partial charge in [0, 0.05) is 6.61 Å². The predicted octanol–water partition coefficient (Wildman–Crippen LogP) is 1.83. The lowest BCUT2D eigenvalue weighted by molar-refractivity contribution is -0.124. The van der Waals surface area contributed by atoms with Crippen molar-refractivity contribution in [2.75, 3.05) is 13.2 Å². The fourth-order valence-electron chi connectivity index (χ4n) is 1.60. The van der Waals surface area contributed by atoms with Gasteiger partial charge >= 0.3 is 0 Å². The summed E-state index contributed by atoms with van der Waals surface area (Å²) in [5.41, 5.74) is 4.87. The summed E-state index contributed by atoms with van der Waals surface area (Å²) in [6.07, 6.45) is 3.96. The van der Waals surface area contributed by atoms with E-state index in [0.717, 1.165) is 38.8 Å². The van der Waals surface area contributed by atoms with Crippen molar-refractivity contribution in [1.29, 1.82) is 0 Å². The zero-order chi connectivity index (χ0) is 13.3. The SMILES string of the molecule is CCCNC(C)(CCCCOC(C)C)C(N)=O. The summed E-state index contributed by atoms with van der Waals surface area (Å²) >= 11 is 0. The van der Waals surface area contributed by atoms with Crippen LogP contribution < -0.4 is 11.1 Å². The number of unbranched alkanes of at least 4 members (excludes halogenated alkanes) is 1. The van der Waals surface area contributed by atoms with E-state index >= 15 is 0 Å². The fraction of sp³-hybridized carbons (Fsp3) is 0.923. The van der Waals surface area contributed by atoms with Crippen molar-refractivity contribution in [1.82, 2.24) is 5.32 Å². The van der Waals surface area contributed by atoms with Crippen LogP contribution in [0.25, 0.3) is 0 Å². The number of hydrogen-bond acceptors (Lipinski definition) is 3. The van der Waals surface area contributed by atoms with Gasteiger partial charge in [-0.05, 0) is 53.0 Å². The molecule has 0 heterocycles. The molecular weight excluding hydrogens is 216 g/mol. The van der Waals surface area contributed by atoms with Crippen molar-refractivity contribution >= 4 is 5.91 Å². The van der Waals surface area contributed by atoms with Gasteiger partial charge in [-0.2, -0.15) is 0 Å². The molecule has 0 aromatic heterocycles. The molecule has 0 radical (unpaired) electrons. The van der Waals surface area contributed by atoms with Crippen LogP contribution in [0.3, 0.4) is 0 Å². The Morgan fingerprint density at radius 2 is 2.06 bits per heavy atom. The fourth-order valence-corrected chi connectivity index (χ4v) is 1.60. The van der Waals surface area contributed by atoms with Gasteiger partial charge in [-0.3, -0.25) is 4.79 Å². The number of carbonyl (C=O) groups is 1. The number of amides is 1. The van der Waals surface area contributed by atoms with Crippen LogP contribution in [0.1, 0.15) is 53.4 Å². The molecule has 0 bridgehead atoms. The van der Waals surface area contributed by atoms with Crippen LogP contribution in [0.15, 0.2) is 0 Å². The first-order chi connectivity index (χ1) is 7.92. The minimum Gasteiger partial charge on any atom is -0.379 e. The first kappa shape index (κ1) is 16.4. The summed E-state index contributed by atoms with van der Waals surface area (Å²) in [5, 5.41) is 3.23. The molecule has 0 spiro atoms. The summed E-state index contributed by atoms with van der Waals surface area (Å²) in [7, 11) is 0. The standard InChI is InChI=1S/C13H28N2O2/c1-5-9-15-13(4,12(14)16)8-6-7-10-17-11(2)3/h11,15H,5-10H2,1-4H3,(H2,14,16). The van der Waals surface area contributed by atoms with E-state index in [1.807, 2.05) is 20.8 Å². The van der Waals surface area contributed by atoms with E-state index < -0.39 is 5.54 Å². The first-order valence-electron chi connectivity index (χ1n) is 6.59. The smallest absolute Gasteiger partial charge is 0.237 e. The van der Waals surface area contributed by atoms with Crippen molar-refractivity contribution in [3.8, 4) is 0 Å². The van der Waals surface area contributed by atoms with E-state index in [-0.39, 0.29) is 12.0 Å². The third-order valence-electron chi connectivity index (χ3n) is 2.83. The largest absolute Gasteiger partial charge is 0.379 e. The lowest BCUT2D eigenvalue weighted by atomic mass is 9.94. The second kappa shape index (κ2) is 8.48. The summed E-state index contributed by atoms with van der Waals surface area (Å²) in [6.45, 7) is 9.58. The average molecular weight is 244 g/mol. The Morgan fingerprint density at radius 1 is 1.41 bits per heavy atom. The molecule has 0 aromatic rings. The summed E-state index contributed by atoms with van der Waals surface area (Å²) in [5.74, 6) is -0.268. The van der Waals surface area contributed by atoms with Gasteiger partial charge < -0.3 is 15.8 Å². The Bertz CT molecular complexity index is 219. The predicted molar refractivity (Wildman–Crippen MR) is 70.8 cm³/mol. The lowest BCUT2D eigenvalue weighted by Crippen LogP contribution is -2.53. The van der Waals surface area contributed by atoms with Crippen LogP contribution in [0.4, 0.5) is 0 Å². The van der Waals surface area contributed by atoms with Crippen molar-refractivity contribution in [3.05, 3.63) is 0 Å². The molecule has 0 aliphatic rings. The Hall–Kier alpha value is -0.610. The van der Waals surface area contributed by atoms with Gasteiger partial charge in [0.2, 0.25) is 5.91 Å². The van der Waals surface area contributed by atoms with Crippen LogP contribution in [-0.4, -0.2) is 30.7 Å². The quantitative estimate of drug-likeness (QED) is 0.576. The summed E-state index contributed by atoms with van der Waals surface area (Å²) in [4.78, 5) is 11.4. The van der Waals surface area contributed by atoms with E-state index in [2.05, 4.69) is 12.2 Å². The van der Waals surface area contributed by atoms with Gasteiger partial charge in [-0.15, -0.1) is 0 Å². The Kier molecular flexibility index (Phi) is 8.17. The molecule has 0 rings (SSSR count). The maximum absolute atomic E-state index is 11.4.